The number of phenols is 1. The summed E-state index contributed by atoms with van der Waals surface area (Å²) < 4.78 is 6.56. The molecule has 1 fully saturated rings. The summed E-state index contributed by atoms with van der Waals surface area (Å²) in [5.74, 6) is 1.55. The minimum Gasteiger partial charge on any atom is -0.504 e. The van der Waals surface area contributed by atoms with Gasteiger partial charge in [-0.15, -0.1) is 0 Å². The lowest BCUT2D eigenvalue weighted by Crippen LogP contribution is -2.61. The Balaban J connectivity index is 1.59. The molecule has 1 aromatic heterocycles. The predicted octanol–water partition coefficient (Wildman–Crippen LogP) is 3.34. The molecule has 0 amide bonds. The number of ether oxygens (including phenoxy) is 1. The number of aromatic hydroxyl groups is 1. The Kier molecular flexibility index (Phi) is 2.25. The zero-order valence-electron chi connectivity index (χ0n) is 14.4. The number of para-hydroxylation sites is 1. The van der Waals surface area contributed by atoms with Crippen molar-refractivity contribution in [3.63, 3.8) is 0 Å². The van der Waals surface area contributed by atoms with E-state index in [9.17, 15) is 5.11 Å². The van der Waals surface area contributed by atoms with E-state index in [-0.39, 0.29) is 11.5 Å². The Hall–Kier alpha value is -2.46. The van der Waals surface area contributed by atoms with Crippen LogP contribution < -0.4 is 10.1 Å². The van der Waals surface area contributed by atoms with E-state index in [1.54, 1.807) is 0 Å². The fourth-order valence-corrected chi connectivity index (χ4v) is 6.53. The van der Waals surface area contributed by atoms with Gasteiger partial charge in [0.1, 0.15) is 6.10 Å². The zero-order valence-corrected chi connectivity index (χ0v) is 14.4. The summed E-state index contributed by atoms with van der Waals surface area (Å²) in [6, 6.07) is 13.0. The second-order valence-corrected chi connectivity index (χ2v) is 8.37. The summed E-state index contributed by atoms with van der Waals surface area (Å²) in [6.07, 6.45) is 3.15. The van der Waals surface area contributed by atoms with Crippen LogP contribution in [0.15, 0.2) is 36.4 Å². The van der Waals surface area contributed by atoms with E-state index in [0.717, 1.165) is 31.6 Å². The molecule has 130 valence electrons. The number of rotatable bonds is 0. The second-order valence-electron chi connectivity index (χ2n) is 8.37. The maximum Gasteiger partial charge on any atom is 0.166 e. The average Bonchev–Trinajstić information content (AvgIpc) is 3.18. The Labute approximate surface area is 151 Å². The summed E-state index contributed by atoms with van der Waals surface area (Å²) in [5, 5.41) is 15.7. The first-order valence-electron chi connectivity index (χ1n) is 9.62. The molecule has 4 heteroatoms. The van der Waals surface area contributed by atoms with Crippen molar-refractivity contribution >= 4 is 10.9 Å². The molecule has 4 nitrogen and oxygen atoms in total. The van der Waals surface area contributed by atoms with Crippen LogP contribution in [-0.2, 0) is 18.3 Å². The Bertz CT molecular complexity index is 1100. The van der Waals surface area contributed by atoms with Crippen molar-refractivity contribution in [3.8, 4) is 11.5 Å². The largest absolute Gasteiger partial charge is 0.504 e. The van der Waals surface area contributed by atoms with Gasteiger partial charge in [0.15, 0.2) is 11.5 Å². The minimum atomic E-state index is -0.0180. The van der Waals surface area contributed by atoms with Crippen LogP contribution in [0.5, 0.6) is 11.5 Å². The molecule has 2 aliphatic heterocycles. The molecule has 3 N–H and O–H groups in total. The summed E-state index contributed by atoms with van der Waals surface area (Å²) in [4.78, 5) is 3.68. The van der Waals surface area contributed by atoms with E-state index in [0.29, 0.717) is 17.7 Å². The fraction of sp³-hybridized carbons (Fsp3) is 0.364. The van der Waals surface area contributed by atoms with E-state index in [1.807, 2.05) is 6.07 Å². The lowest BCUT2D eigenvalue weighted by Gasteiger charge is -2.54. The Morgan fingerprint density at radius 3 is 3.00 bits per heavy atom. The molecule has 7 rings (SSSR count). The first-order valence-corrected chi connectivity index (χ1v) is 9.62. The predicted molar refractivity (Wildman–Crippen MR) is 98.8 cm³/mol. The van der Waals surface area contributed by atoms with Gasteiger partial charge < -0.3 is 20.1 Å². The topological polar surface area (TPSA) is 57.3 Å². The molecule has 4 aliphatic rings. The van der Waals surface area contributed by atoms with Crippen LogP contribution >= 0.6 is 0 Å². The van der Waals surface area contributed by atoms with Gasteiger partial charge in [0.25, 0.3) is 0 Å². The van der Waals surface area contributed by atoms with Crippen molar-refractivity contribution in [3.05, 3.63) is 58.8 Å². The Morgan fingerprint density at radius 1 is 1.12 bits per heavy atom. The van der Waals surface area contributed by atoms with Crippen molar-refractivity contribution in [1.82, 2.24) is 10.3 Å². The average molecular weight is 344 g/mol. The highest BCUT2D eigenvalue weighted by atomic mass is 16.5. The first kappa shape index (κ1) is 13.7. The lowest BCUT2D eigenvalue weighted by atomic mass is 9.52. The SMILES string of the molecule is Oc1ccc2c3c1O[C@H]1c4[nH]c5ccccc5c4C[C@H]4[C@@H](C2)NCC[C@]314. The summed E-state index contributed by atoms with van der Waals surface area (Å²) >= 11 is 0. The number of benzene rings is 2. The van der Waals surface area contributed by atoms with Gasteiger partial charge in [0, 0.05) is 27.9 Å². The van der Waals surface area contributed by atoms with E-state index in [2.05, 4.69) is 40.6 Å². The molecule has 4 atom stereocenters. The van der Waals surface area contributed by atoms with Gasteiger partial charge in [-0.25, -0.2) is 0 Å². The fourth-order valence-electron chi connectivity index (χ4n) is 6.53. The summed E-state index contributed by atoms with van der Waals surface area (Å²) in [5.41, 5.74) is 6.48. The quantitative estimate of drug-likeness (QED) is 0.586. The number of aromatic amines is 1. The number of H-pyrrole nitrogens is 1. The molecule has 2 aliphatic carbocycles. The highest BCUT2D eigenvalue weighted by molar-refractivity contribution is 5.85. The second kappa shape index (κ2) is 4.26. The van der Waals surface area contributed by atoms with Crippen LogP contribution in [0, 0.1) is 5.92 Å². The zero-order chi connectivity index (χ0) is 17.0. The van der Waals surface area contributed by atoms with Crippen LogP contribution in [0.3, 0.4) is 0 Å². The van der Waals surface area contributed by atoms with Crippen molar-refractivity contribution in [2.45, 2.75) is 36.8 Å². The third-order valence-corrected chi connectivity index (χ3v) is 7.46. The van der Waals surface area contributed by atoms with E-state index in [4.69, 9.17) is 4.74 Å². The van der Waals surface area contributed by atoms with Crippen molar-refractivity contribution in [2.75, 3.05) is 6.54 Å². The van der Waals surface area contributed by atoms with E-state index in [1.165, 1.54) is 33.3 Å². The van der Waals surface area contributed by atoms with Crippen LogP contribution in [0.2, 0.25) is 0 Å². The molecule has 0 unspecified atom stereocenters. The van der Waals surface area contributed by atoms with Crippen molar-refractivity contribution in [1.29, 1.82) is 0 Å². The van der Waals surface area contributed by atoms with Crippen LogP contribution in [0.4, 0.5) is 0 Å². The third kappa shape index (κ3) is 1.33. The van der Waals surface area contributed by atoms with E-state index < -0.39 is 0 Å². The van der Waals surface area contributed by atoms with Crippen molar-refractivity contribution < 1.29 is 9.84 Å². The summed E-state index contributed by atoms with van der Waals surface area (Å²) in [7, 11) is 0. The first-order chi connectivity index (χ1) is 12.8. The monoisotopic (exact) mass is 344 g/mol. The van der Waals surface area contributed by atoms with Crippen LogP contribution in [0.25, 0.3) is 10.9 Å². The molecule has 2 aromatic carbocycles. The molecule has 3 aromatic rings. The molecule has 0 saturated carbocycles. The number of piperidine rings is 1. The minimum absolute atomic E-state index is 0.00848. The summed E-state index contributed by atoms with van der Waals surface area (Å²) in [6.45, 7) is 1.02. The highest BCUT2D eigenvalue weighted by Crippen LogP contribution is 2.66. The number of aromatic nitrogens is 1. The molecule has 3 heterocycles. The smallest absolute Gasteiger partial charge is 0.166 e. The van der Waals surface area contributed by atoms with Gasteiger partial charge in [-0.1, -0.05) is 24.3 Å². The molecular formula is C22H20N2O2. The standard InChI is InChI=1S/C22H20N2O2/c25-17-6-5-11-9-16-14-10-13-12-3-1-2-4-15(12)24-19(13)21-22(14,7-8-23-16)18(11)20(17)26-21/h1-6,14,16,21,23-25H,7-10H2/t14-,16+,21-,22-/m0/s1. The van der Waals surface area contributed by atoms with Gasteiger partial charge in [-0.2, -0.15) is 0 Å². The number of fused-ring (bicyclic) bond motifs is 4. The van der Waals surface area contributed by atoms with Gasteiger partial charge >= 0.3 is 0 Å². The third-order valence-electron chi connectivity index (χ3n) is 7.46. The van der Waals surface area contributed by atoms with Crippen LogP contribution in [0.1, 0.15) is 34.9 Å². The van der Waals surface area contributed by atoms with Crippen molar-refractivity contribution in [2.24, 2.45) is 5.92 Å². The highest BCUT2D eigenvalue weighted by Gasteiger charge is 2.64. The van der Waals surface area contributed by atoms with Gasteiger partial charge in [-0.3, -0.25) is 0 Å². The lowest BCUT2D eigenvalue weighted by molar-refractivity contribution is 0.0261. The number of hydrogen-bond acceptors (Lipinski definition) is 3. The van der Waals surface area contributed by atoms with Gasteiger partial charge in [-0.05, 0) is 55.0 Å². The van der Waals surface area contributed by atoms with E-state index >= 15 is 0 Å². The van der Waals surface area contributed by atoms with Gasteiger partial charge in [0.05, 0.1) is 5.69 Å². The molecule has 1 spiro atoms. The van der Waals surface area contributed by atoms with Gasteiger partial charge in [0.2, 0.25) is 0 Å². The normalized spacial score (nSPS) is 32.8. The maximum absolute atomic E-state index is 10.5. The molecule has 26 heavy (non-hydrogen) atoms. The van der Waals surface area contributed by atoms with Crippen LogP contribution in [-0.4, -0.2) is 22.7 Å². The molecular weight excluding hydrogens is 324 g/mol. The molecule has 2 bridgehead atoms. The number of hydrogen-bond donors (Lipinski definition) is 3. The number of phenolic OH excluding ortho intramolecular Hbond substituents is 1. The molecule has 0 radical (unpaired) electrons. The maximum atomic E-state index is 10.5. The molecule has 1 saturated heterocycles. The Morgan fingerprint density at radius 2 is 2.04 bits per heavy atom. The number of nitrogens with one attached hydrogen (secondary N) is 2.